The fourth-order valence-electron chi connectivity index (χ4n) is 20.0. The number of fused-ring (bicyclic) bond motifs is 7. The first kappa shape index (κ1) is 84.4. The molecule has 0 aromatic heterocycles. The number of aliphatic hydroxyl groups is 18. The lowest BCUT2D eigenvalue weighted by Crippen LogP contribution is -2.71. The number of allylic oxidation sites excluding steroid dienone is 1. The van der Waals surface area contributed by atoms with Crippen LogP contribution in [0.1, 0.15) is 126 Å². The first-order valence-electron chi connectivity index (χ1n) is 36.7. The second-order valence-corrected chi connectivity index (χ2v) is 33.7. The second-order valence-electron chi connectivity index (χ2n) is 33.7. The van der Waals surface area contributed by atoms with Gasteiger partial charge in [-0.3, -0.25) is 19.2 Å². The summed E-state index contributed by atoms with van der Waals surface area (Å²) in [6.45, 7) is 8.82. The number of hydrogen-bond acceptors (Lipinski definition) is 35. The molecule has 107 heavy (non-hydrogen) atoms. The molecule has 6 heterocycles. The van der Waals surface area contributed by atoms with Gasteiger partial charge < -0.3 is 164 Å². The summed E-state index contributed by atoms with van der Waals surface area (Å²) >= 11 is 0. The molecule has 6 saturated heterocycles. The van der Waals surface area contributed by atoms with E-state index in [4.69, 9.17) is 61.6 Å². The second kappa shape index (κ2) is 31.3. The quantitative estimate of drug-likeness (QED) is 0.0273. The van der Waals surface area contributed by atoms with Crippen LogP contribution in [0.25, 0.3) is 0 Å². The average molecular weight is 1540 g/mol. The molecule has 0 radical (unpaired) electrons. The van der Waals surface area contributed by atoms with Gasteiger partial charge in [0.25, 0.3) is 0 Å². The molecular weight excluding hydrogens is 1430 g/mol. The van der Waals surface area contributed by atoms with E-state index in [1.165, 1.54) is 20.8 Å². The zero-order valence-corrected chi connectivity index (χ0v) is 60.9. The highest BCUT2D eigenvalue weighted by atomic mass is 16.8. The molecule has 0 bridgehead atoms. The SMILES string of the molecule is C[C@@H]1O[C@@H](O[C@H]2[C@H](OC(=O)[C@]34CCC(C)(C)C[C@H]3C3=CC[C@@H]5[C@@]6(C)C[C@H](O)[C@H](O[C@@H]7O[C@H](CO)[C@@H](O)[C@H](O)[C@H]7O)[C@@](C)(C(=O)O)[C@@H]6CC[C@@]5(C)[C@]3(CO)CC4)O[C@H](C)[C@H](O)[C@@H]2O)[C@H](O)[C@H](O[C@@H]2OC[C@](O)(COC(=O)C[C@@](C)(O)CC(=O)O)[C@H]2O)[C@H]1O[C@@H]1OC[C@@H](O[C@@H]2O[C@H](CO)[C@H](O)[C@H](O)[C@H]2O)[C@H](O)[C@H]1O. The van der Waals surface area contributed by atoms with Gasteiger partial charge in [-0.1, -0.05) is 39.3 Å². The average Bonchev–Trinajstić information content (AvgIpc) is 0.848. The van der Waals surface area contributed by atoms with E-state index in [1.54, 1.807) is 0 Å². The van der Waals surface area contributed by atoms with E-state index in [0.29, 0.717) is 25.7 Å². The van der Waals surface area contributed by atoms with Crippen LogP contribution in [-0.4, -0.2) is 349 Å². The highest BCUT2D eigenvalue weighted by Crippen LogP contribution is 2.76. The molecule has 0 spiro atoms. The molecule has 11 aliphatic rings. The molecule has 0 aromatic carbocycles. The molecule has 0 aromatic rings. The van der Waals surface area contributed by atoms with Crippen molar-refractivity contribution in [3.63, 3.8) is 0 Å². The van der Waals surface area contributed by atoms with E-state index < -0.39 is 310 Å². The van der Waals surface area contributed by atoms with E-state index in [-0.39, 0.29) is 32.1 Å². The van der Waals surface area contributed by atoms with E-state index in [1.807, 2.05) is 13.0 Å². The Hall–Kier alpha value is -3.54. The molecule has 20 N–H and O–H groups in total. The molecule has 4 saturated carbocycles. The van der Waals surface area contributed by atoms with Gasteiger partial charge in [-0.15, -0.1) is 0 Å². The van der Waals surface area contributed by atoms with Crippen molar-refractivity contribution in [3.8, 4) is 0 Å². The molecule has 10 fully saturated rings. The van der Waals surface area contributed by atoms with E-state index in [2.05, 4.69) is 20.8 Å². The molecule has 38 atom stereocenters. The predicted octanol–water partition coefficient (Wildman–Crippen LogP) is -5.88. The van der Waals surface area contributed by atoms with E-state index >= 15 is 4.79 Å². The van der Waals surface area contributed by atoms with Crippen molar-refractivity contribution in [1.82, 2.24) is 0 Å². The van der Waals surface area contributed by atoms with Gasteiger partial charge in [-0.25, -0.2) is 0 Å². The van der Waals surface area contributed by atoms with Crippen molar-refractivity contribution < 1.29 is 183 Å². The minimum absolute atomic E-state index is 0.0212. The fourth-order valence-corrected chi connectivity index (χ4v) is 20.0. The smallest absolute Gasteiger partial charge is 0.315 e. The van der Waals surface area contributed by atoms with E-state index in [0.717, 1.165) is 12.5 Å². The first-order chi connectivity index (χ1) is 49.9. The van der Waals surface area contributed by atoms with Gasteiger partial charge >= 0.3 is 23.9 Å². The number of esters is 2. The Labute approximate surface area is 615 Å². The summed E-state index contributed by atoms with van der Waals surface area (Å²) in [5.41, 5.74) is -10.3. The normalized spacial score (nSPS) is 51.0. The Kier molecular flexibility index (Phi) is 24.7. The van der Waals surface area contributed by atoms with Gasteiger partial charge in [0.2, 0.25) is 6.29 Å². The van der Waals surface area contributed by atoms with Crippen molar-refractivity contribution in [1.29, 1.82) is 0 Å². The summed E-state index contributed by atoms with van der Waals surface area (Å²) in [7, 11) is 0. The van der Waals surface area contributed by atoms with Gasteiger partial charge in [-0.05, 0) is 119 Å². The van der Waals surface area contributed by atoms with Gasteiger partial charge in [0, 0.05) is 5.41 Å². The van der Waals surface area contributed by atoms with Crippen LogP contribution < -0.4 is 0 Å². The summed E-state index contributed by atoms with van der Waals surface area (Å²) in [4.78, 5) is 53.9. The highest BCUT2D eigenvalue weighted by Gasteiger charge is 2.74. The topological polar surface area (TPSA) is 593 Å². The largest absolute Gasteiger partial charge is 0.481 e. The summed E-state index contributed by atoms with van der Waals surface area (Å²) in [6, 6.07) is 0. The van der Waals surface area contributed by atoms with Crippen molar-refractivity contribution in [2.24, 2.45) is 50.2 Å². The molecule has 612 valence electrons. The number of carbonyl (C=O) groups excluding carboxylic acids is 2. The van der Waals surface area contributed by atoms with Crippen LogP contribution in [0.15, 0.2) is 11.6 Å². The lowest BCUT2D eigenvalue weighted by Gasteiger charge is -2.71. The summed E-state index contributed by atoms with van der Waals surface area (Å²) < 4.78 is 77.3. The Morgan fingerprint density at radius 2 is 1.16 bits per heavy atom. The monoisotopic (exact) mass is 1540 g/mol. The molecule has 37 heteroatoms. The number of carboxylic acid groups (broad SMARTS) is 2. The molecule has 6 aliphatic heterocycles. The Morgan fingerprint density at radius 3 is 1.77 bits per heavy atom. The first-order valence-corrected chi connectivity index (χ1v) is 36.7. The molecule has 0 amide bonds. The number of ether oxygens (including phenoxy) is 13. The number of hydrogen-bond donors (Lipinski definition) is 20. The maximum Gasteiger partial charge on any atom is 0.315 e. The lowest BCUT2D eigenvalue weighted by atomic mass is 9.33. The number of aliphatic hydroxyl groups excluding tert-OH is 16. The third-order valence-corrected chi connectivity index (χ3v) is 26.2. The molecule has 0 unspecified atom stereocenters. The summed E-state index contributed by atoms with van der Waals surface area (Å²) in [5, 5.41) is 221. The van der Waals surface area contributed by atoms with Crippen LogP contribution in [0.5, 0.6) is 0 Å². The Bertz CT molecular complexity index is 3180. The third kappa shape index (κ3) is 15.0. The maximum absolute atomic E-state index is 15.9. The van der Waals surface area contributed by atoms with Crippen LogP contribution in [0.3, 0.4) is 0 Å². The van der Waals surface area contributed by atoms with Crippen LogP contribution in [0.2, 0.25) is 0 Å². The lowest BCUT2D eigenvalue weighted by molar-refractivity contribution is -0.388. The van der Waals surface area contributed by atoms with Gasteiger partial charge in [0.15, 0.2) is 43.2 Å². The standard InChI is InChI=1S/C70H110O37/c1-27-39(78)45(84)52(105-58-49(88)51(104-60-53(89)70(94,26-97-60)25-96-38(77)20-64(5,93)19-37(75)76)50(28(2)99-58)103-55-46(85)42(81)34(23-95-55)102-56-47(86)43(82)40(79)32(21-71)100-56)59(98-27)107-62(92)68-14-13-63(3,4)17-30(68)29-9-10-35-65(6)18-31(74)54(106-57-48(87)44(83)41(80)33(22-72)101-57)67(8,61(90)91)36(65)11-12-66(35,7)69(29,24-73)16-15-68/h9,27-28,30-36,39-60,71-74,78-89,93-94H,10-26H2,1-8H3,(H,75,76)(H,90,91)/t27-,28+,30+,31+,32-,33-,34-,35-,36-,39+,40+,41-,42+,43+,44+,45+,46-,47-,48-,49-,50+,51+,52-,53+,54+,55+,56+,57+,58+,59+,60+,64+,65-,66-,67+,68+,69+,70-/m1/s1. The number of rotatable bonds is 22. The minimum atomic E-state index is -2.50. The summed E-state index contributed by atoms with van der Waals surface area (Å²) in [5.74, 6) is -6.53. The Balaban J connectivity index is 0.848. The van der Waals surface area contributed by atoms with Gasteiger partial charge in [0.05, 0.1) is 80.6 Å². The number of carboxylic acids is 2. The van der Waals surface area contributed by atoms with E-state index in [9.17, 15) is 117 Å². The molecule has 5 aliphatic carbocycles. The van der Waals surface area contributed by atoms with Gasteiger partial charge in [0.1, 0.15) is 116 Å². The molecule has 11 rings (SSSR count). The van der Waals surface area contributed by atoms with Crippen LogP contribution in [0.4, 0.5) is 0 Å². The number of aliphatic carboxylic acids is 2. The van der Waals surface area contributed by atoms with Crippen molar-refractivity contribution in [3.05, 3.63) is 11.6 Å². The molecule has 37 nitrogen and oxygen atoms in total. The predicted molar refractivity (Wildman–Crippen MR) is 349 cm³/mol. The van der Waals surface area contributed by atoms with Crippen LogP contribution >= 0.6 is 0 Å². The third-order valence-electron chi connectivity index (χ3n) is 26.2. The van der Waals surface area contributed by atoms with Crippen LogP contribution in [0, 0.1) is 50.2 Å². The molecular formula is C70H110O37. The Morgan fingerprint density at radius 1 is 0.579 bits per heavy atom. The maximum atomic E-state index is 15.9. The van der Waals surface area contributed by atoms with Crippen molar-refractivity contribution in [2.45, 2.75) is 309 Å². The van der Waals surface area contributed by atoms with Crippen LogP contribution in [-0.2, 0) is 80.8 Å². The number of carbonyl (C=O) groups is 4. The zero-order chi connectivity index (χ0) is 78.7. The minimum Gasteiger partial charge on any atom is -0.481 e. The summed E-state index contributed by atoms with van der Waals surface area (Å²) in [6.07, 6.45) is -47.8. The van der Waals surface area contributed by atoms with Crippen molar-refractivity contribution in [2.75, 3.05) is 39.6 Å². The van der Waals surface area contributed by atoms with Gasteiger partial charge in [-0.2, -0.15) is 0 Å². The highest BCUT2D eigenvalue weighted by molar-refractivity contribution is 5.79. The van der Waals surface area contributed by atoms with Crippen molar-refractivity contribution >= 4 is 23.9 Å². The fraction of sp³-hybridized carbons (Fsp3) is 0.914. The zero-order valence-electron chi connectivity index (χ0n) is 60.9.